The Labute approximate surface area is 127 Å². The fourth-order valence-electron chi connectivity index (χ4n) is 1.87. The van der Waals surface area contributed by atoms with Gasteiger partial charge >= 0.3 is 0 Å². The molecule has 0 saturated heterocycles. The molecule has 2 heterocycles. The summed E-state index contributed by atoms with van der Waals surface area (Å²) in [6.07, 6.45) is 2.26. The van der Waals surface area contributed by atoms with Gasteiger partial charge in [0.1, 0.15) is 11.2 Å². The van der Waals surface area contributed by atoms with Gasteiger partial charge in [-0.1, -0.05) is 13.8 Å². The van der Waals surface area contributed by atoms with Crippen LogP contribution < -0.4 is 5.73 Å². The Morgan fingerprint density at radius 3 is 2.90 bits per heavy atom. The Bertz CT molecular complexity index is 579. The third kappa shape index (κ3) is 3.64. The van der Waals surface area contributed by atoms with E-state index in [1.54, 1.807) is 11.9 Å². The molecule has 0 saturated carbocycles. The topological polar surface area (TPSA) is 89.9 Å². The number of rotatable bonds is 6. The quantitative estimate of drug-likeness (QED) is 0.865. The smallest absolute Gasteiger partial charge is 0.265 e. The molecule has 0 aliphatic carbocycles. The van der Waals surface area contributed by atoms with Crippen LogP contribution in [0.25, 0.3) is 5.69 Å². The maximum Gasteiger partial charge on any atom is 0.265 e. The van der Waals surface area contributed by atoms with Gasteiger partial charge in [-0.3, -0.25) is 4.79 Å². The molecule has 2 N–H and O–H groups in total. The van der Waals surface area contributed by atoms with Crippen molar-refractivity contribution in [3.63, 3.8) is 0 Å². The van der Waals surface area contributed by atoms with Crippen LogP contribution in [0.15, 0.2) is 17.8 Å². The number of carbonyl (C=O) groups excluding carboxylic acids is 1. The zero-order chi connectivity index (χ0) is 15.4. The van der Waals surface area contributed by atoms with E-state index in [2.05, 4.69) is 29.4 Å². The molecule has 7 nitrogen and oxygen atoms in total. The van der Waals surface area contributed by atoms with Gasteiger partial charge in [0, 0.05) is 19.6 Å². The first-order chi connectivity index (χ1) is 10.0. The minimum atomic E-state index is -0.0357. The fraction of sp³-hybridized carbons (Fsp3) is 0.538. The zero-order valence-electron chi connectivity index (χ0n) is 12.4. The summed E-state index contributed by atoms with van der Waals surface area (Å²) in [5.41, 5.74) is 6.73. The second-order valence-corrected chi connectivity index (χ2v) is 6.23. The van der Waals surface area contributed by atoms with Crippen LogP contribution in [0.5, 0.6) is 0 Å². The number of amides is 1. The number of carbonyl (C=O) groups is 1. The maximum absolute atomic E-state index is 12.5. The number of hydrogen-bond acceptors (Lipinski definition) is 6. The van der Waals surface area contributed by atoms with Crippen LogP contribution in [0.3, 0.4) is 0 Å². The van der Waals surface area contributed by atoms with E-state index in [4.69, 9.17) is 5.73 Å². The molecule has 2 aromatic rings. The van der Waals surface area contributed by atoms with Crippen molar-refractivity contribution in [1.82, 2.24) is 25.1 Å². The fourth-order valence-corrected chi connectivity index (χ4v) is 2.74. The molecule has 0 aliphatic rings. The summed E-state index contributed by atoms with van der Waals surface area (Å²) < 4.78 is 1.50. The Balaban J connectivity index is 2.05. The molecular formula is C13H20N6OS. The lowest BCUT2D eigenvalue weighted by molar-refractivity contribution is 0.0794. The lowest BCUT2D eigenvalue weighted by Crippen LogP contribution is -2.34. The zero-order valence-corrected chi connectivity index (χ0v) is 13.2. The van der Waals surface area contributed by atoms with Crippen molar-refractivity contribution in [3.8, 4) is 5.69 Å². The average Bonchev–Trinajstić information content (AvgIpc) is 3.12. The van der Waals surface area contributed by atoms with Crippen molar-refractivity contribution in [2.75, 3.05) is 13.6 Å². The van der Waals surface area contributed by atoms with Gasteiger partial charge in [-0.25, -0.2) is 0 Å². The third-order valence-corrected chi connectivity index (χ3v) is 4.33. The first kappa shape index (κ1) is 15.6. The second-order valence-electron chi connectivity index (χ2n) is 5.31. The predicted molar refractivity (Wildman–Crippen MR) is 81.4 cm³/mol. The Kier molecular flexibility index (Phi) is 5.03. The van der Waals surface area contributed by atoms with Crippen molar-refractivity contribution in [2.24, 2.45) is 11.7 Å². The van der Waals surface area contributed by atoms with Crippen molar-refractivity contribution in [1.29, 1.82) is 0 Å². The van der Waals surface area contributed by atoms with Gasteiger partial charge < -0.3 is 10.6 Å². The summed E-state index contributed by atoms with van der Waals surface area (Å²) >= 11 is 1.39. The van der Waals surface area contributed by atoms with Gasteiger partial charge in [0.05, 0.1) is 5.69 Å². The molecule has 2 aromatic heterocycles. The van der Waals surface area contributed by atoms with Gasteiger partial charge in [-0.15, -0.1) is 16.4 Å². The average molecular weight is 308 g/mol. The molecule has 0 fully saturated rings. The monoisotopic (exact) mass is 308 g/mol. The van der Waals surface area contributed by atoms with E-state index in [1.165, 1.54) is 22.3 Å². The van der Waals surface area contributed by atoms with Gasteiger partial charge in [0.15, 0.2) is 0 Å². The minimum Gasteiger partial charge on any atom is -0.341 e. The van der Waals surface area contributed by atoms with Crippen LogP contribution in [0, 0.1) is 5.92 Å². The molecule has 1 amide bonds. The second kappa shape index (κ2) is 6.77. The number of thiophene rings is 1. The summed E-state index contributed by atoms with van der Waals surface area (Å²) in [6, 6.07) is 1.93. The first-order valence-electron chi connectivity index (χ1n) is 6.82. The van der Waals surface area contributed by atoms with Crippen LogP contribution in [-0.2, 0) is 0 Å². The summed E-state index contributed by atoms with van der Waals surface area (Å²) in [5, 5.41) is 12.9. The van der Waals surface area contributed by atoms with Crippen LogP contribution >= 0.6 is 11.3 Å². The first-order valence-corrected chi connectivity index (χ1v) is 7.70. The normalized spacial score (nSPS) is 12.6. The highest BCUT2D eigenvalue weighted by atomic mass is 32.1. The number of tetrazole rings is 1. The lowest BCUT2D eigenvalue weighted by Gasteiger charge is -2.21. The van der Waals surface area contributed by atoms with E-state index < -0.39 is 0 Å². The molecular weight excluding hydrogens is 288 g/mol. The van der Waals surface area contributed by atoms with Crippen molar-refractivity contribution in [3.05, 3.63) is 22.7 Å². The van der Waals surface area contributed by atoms with Crippen LogP contribution in [0.4, 0.5) is 0 Å². The molecule has 1 unspecified atom stereocenters. The van der Waals surface area contributed by atoms with Crippen LogP contribution in [0.2, 0.25) is 0 Å². The molecule has 0 radical (unpaired) electrons. The molecule has 8 heteroatoms. The molecule has 0 bridgehead atoms. The van der Waals surface area contributed by atoms with Gasteiger partial charge in [-0.05, 0) is 34.2 Å². The van der Waals surface area contributed by atoms with Gasteiger partial charge in [-0.2, -0.15) is 4.68 Å². The Morgan fingerprint density at radius 1 is 1.52 bits per heavy atom. The highest BCUT2D eigenvalue weighted by molar-refractivity contribution is 7.12. The van der Waals surface area contributed by atoms with Crippen molar-refractivity contribution in [2.45, 2.75) is 26.3 Å². The molecule has 114 valence electrons. The van der Waals surface area contributed by atoms with Crippen molar-refractivity contribution >= 4 is 17.2 Å². The number of nitrogens with two attached hydrogens (primary N) is 1. The molecule has 21 heavy (non-hydrogen) atoms. The molecule has 1 atom stereocenters. The van der Waals surface area contributed by atoms with Crippen LogP contribution in [0.1, 0.15) is 29.9 Å². The SMILES string of the molecule is CC(C)C(N)CCN(C)C(=O)c1sccc1-n1cnnn1. The number of nitrogens with zero attached hydrogens (tertiary/aromatic N) is 5. The molecule has 2 rings (SSSR count). The van der Waals surface area contributed by atoms with E-state index in [0.29, 0.717) is 23.0 Å². The number of hydrogen-bond donors (Lipinski definition) is 1. The lowest BCUT2D eigenvalue weighted by atomic mass is 10.0. The van der Waals surface area contributed by atoms with E-state index in [9.17, 15) is 4.79 Å². The highest BCUT2D eigenvalue weighted by Gasteiger charge is 2.20. The van der Waals surface area contributed by atoms with Gasteiger partial charge in [0.2, 0.25) is 0 Å². The standard InChI is InChI=1S/C13H20N6OS/c1-9(2)10(14)4-6-18(3)13(20)12-11(5-7-21-12)19-8-15-16-17-19/h5,7-10H,4,6,14H2,1-3H3. The molecule has 0 aliphatic heterocycles. The molecule has 0 spiro atoms. The summed E-state index contributed by atoms with van der Waals surface area (Å²) in [6.45, 7) is 4.80. The van der Waals surface area contributed by atoms with Gasteiger partial charge in [0.25, 0.3) is 5.91 Å². The Morgan fingerprint density at radius 2 is 2.29 bits per heavy atom. The maximum atomic E-state index is 12.5. The van der Waals surface area contributed by atoms with E-state index in [1.807, 2.05) is 11.4 Å². The third-order valence-electron chi connectivity index (χ3n) is 3.44. The Hall–Kier alpha value is -1.80. The number of aromatic nitrogens is 4. The highest BCUT2D eigenvalue weighted by Crippen LogP contribution is 2.21. The summed E-state index contributed by atoms with van der Waals surface area (Å²) in [7, 11) is 1.79. The summed E-state index contributed by atoms with van der Waals surface area (Å²) in [5.74, 6) is 0.374. The molecule has 0 aromatic carbocycles. The largest absolute Gasteiger partial charge is 0.341 e. The van der Waals surface area contributed by atoms with Crippen molar-refractivity contribution < 1.29 is 4.79 Å². The van der Waals surface area contributed by atoms with E-state index >= 15 is 0 Å². The van der Waals surface area contributed by atoms with Crippen LogP contribution in [-0.4, -0.2) is 50.6 Å². The predicted octanol–water partition coefficient (Wildman–Crippen LogP) is 1.17. The van der Waals surface area contributed by atoms with E-state index in [0.717, 1.165) is 6.42 Å². The minimum absolute atomic E-state index is 0.0357. The summed E-state index contributed by atoms with van der Waals surface area (Å²) in [4.78, 5) is 14.8. The van der Waals surface area contributed by atoms with E-state index in [-0.39, 0.29) is 11.9 Å².